The standard InChI is InChI=1S/C26H32N8O2/c1-16(2)14-23(35)28-12-6-7-13-29-24-25-33-32-17(3)34(25)22-11-10-18(15-21(22)30-24)26(36)31-20-9-5-4-8-19(20)27/h4-5,8-11,15-16H,6-7,12-14,27H2,1-3H3,(H,28,35)(H,29,30)(H,31,36). The summed E-state index contributed by atoms with van der Waals surface area (Å²) in [6.07, 6.45) is 2.24. The van der Waals surface area contributed by atoms with Gasteiger partial charge in [-0.3, -0.25) is 14.0 Å². The third kappa shape index (κ3) is 5.70. The molecular formula is C26H32N8O2. The molecule has 0 aliphatic carbocycles. The number of unbranched alkanes of at least 4 members (excludes halogenated alkanes) is 1. The highest BCUT2D eigenvalue weighted by atomic mass is 16.2. The summed E-state index contributed by atoms with van der Waals surface area (Å²) in [6.45, 7) is 7.24. The third-order valence-electron chi connectivity index (χ3n) is 5.77. The smallest absolute Gasteiger partial charge is 0.255 e. The van der Waals surface area contributed by atoms with E-state index in [1.165, 1.54) is 0 Å². The van der Waals surface area contributed by atoms with Gasteiger partial charge in [0.05, 0.1) is 22.4 Å². The molecule has 0 saturated heterocycles. The van der Waals surface area contributed by atoms with Crippen LogP contribution in [-0.2, 0) is 4.79 Å². The number of nitrogens with zero attached hydrogens (tertiary/aromatic N) is 4. The van der Waals surface area contributed by atoms with Crippen molar-refractivity contribution in [3.63, 3.8) is 0 Å². The topological polar surface area (TPSA) is 139 Å². The summed E-state index contributed by atoms with van der Waals surface area (Å²) in [7, 11) is 0. The molecule has 0 atom stereocenters. The number of hydrogen-bond acceptors (Lipinski definition) is 7. The Kier molecular flexibility index (Phi) is 7.62. The first-order valence-corrected chi connectivity index (χ1v) is 12.2. The third-order valence-corrected chi connectivity index (χ3v) is 5.77. The molecule has 10 nitrogen and oxygen atoms in total. The van der Waals surface area contributed by atoms with Crippen molar-refractivity contribution in [3.8, 4) is 0 Å². The molecule has 4 aromatic rings. The van der Waals surface area contributed by atoms with E-state index in [2.05, 4.69) is 26.1 Å². The number of nitrogen functional groups attached to an aromatic ring is 1. The van der Waals surface area contributed by atoms with Gasteiger partial charge >= 0.3 is 0 Å². The summed E-state index contributed by atoms with van der Waals surface area (Å²) < 4.78 is 1.92. The first-order valence-electron chi connectivity index (χ1n) is 12.2. The minimum atomic E-state index is -0.272. The lowest BCUT2D eigenvalue weighted by atomic mass is 10.1. The number of carbonyl (C=O) groups excluding carboxylic acids is 2. The van der Waals surface area contributed by atoms with Crippen LogP contribution in [0.2, 0.25) is 0 Å². The first kappa shape index (κ1) is 24.9. The van der Waals surface area contributed by atoms with Crippen LogP contribution in [0.15, 0.2) is 42.5 Å². The maximum absolute atomic E-state index is 12.9. The Labute approximate surface area is 209 Å². The van der Waals surface area contributed by atoms with Crippen LogP contribution in [0.25, 0.3) is 16.7 Å². The number of para-hydroxylation sites is 2. The van der Waals surface area contributed by atoms with Crippen molar-refractivity contribution >= 4 is 45.7 Å². The van der Waals surface area contributed by atoms with E-state index in [1.807, 2.05) is 43.4 Å². The number of nitrogens with one attached hydrogen (secondary N) is 3. The molecule has 0 fully saturated rings. The van der Waals surface area contributed by atoms with E-state index in [9.17, 15) is 9.59 Å². The normalized spacial score (nSPS) is 11.2. The van der Waals surface area contributed by atoms with Crippen molar-refractivity contribution in [1.29, 1.82) is 0 Å². The van der Waals surface area contributed by atoms with E-state index < -0.39 is 0 Å². The minimum Gasteiger partial charge on any atom is -0.397 e. The SMILES string of the molecule is Cc1nnc2c(NCCCCNC(=O)CC(C)C)nc3cc(C(=O)Nc4ccccc4N)ccc3n12. The first-order chi connectivity index (χ1) is 17.3. The van der Waals surface area contributed by atoms with Crippen LogP contribution >= 0.6 is 0 Å². The van der Waals surface area contributed by atoms with Gasteiger partial charge in [0.1, 0.15) is 5.82 Å². The number of nitrogens with two attached hydrogens (primary N) is 1. The highest BCUT2D eigenvalue weighted by Gasteiger charge is 2.15. The number of hydrogen-bond donors (Lipinski definition) is 4. The zero-order valence-corrected chi connectivity index (χ0v) is 20.8. The van der Waals surface area contributed by atoms with E-state index in [0.717, 1.165) is 24.2 Å². The van der Waals surface area contributed by atoms with Crippen LogP contribution in [0.5, 0.6) is 0 Å². The highest BCUT2D eigenvalue weighted by molar-refractivity contribution is 6.07. The Morgan fingerprint density at radius 3 is 2.61 bits per heavy atom. The van der Waals surface area contributed by atoms with Gasteiger partial charge in [-0.2, -0.15) is 0 Å². The Morgan fingerprint density at radius 2 is 1.83 bits per heavy atom. The number of aromatic nitrogens is 4. The Morgan fingerprint density at radius 1 is 1.06 bits per heavy atom. The van der Waals surface area contributed by atoms with Crippen LogP contribution in [0, 0.1) is 12.8 Å². The lowest BCUT2D eigenvalue weighted by Crippen LogP contribution is -2.25. The molecule has 0 spiro atoms. The zero-order valence-electron chi connectivity index (χ0n) is 20.8. The van der Waals surface area contributed by atoms with Crippen molar-refractivity contribution in [1.82, 2.24) is 24.9 Å². The van der Waals surface area contributed by atoms with Crippen molar-refractivity contribution < 1.29 is 9.59 Å². The molecule has 0 aliphatic rings. The minimum absolute atomic E-state index is 0.0876. The van der Waals surface area contributed by atoms with E-state index in [4.69, 9.17) is 10.7 Å². The van der Waals surface area contributed by atoms with Gasteiger partial charge < -0.3 is 21.7 Å². The molecule has 0 saturated carbocycles. The number of benzene rings is 2. The number of fused-ring (bicyclic) bond motifs is 3. The van der Waals surface area contributed by atoms with Crippen molar-refractivity contribution in [2.24, 2.45) is 5.92 Å². The molecule has 10 heteroatoms. The molecule has 2 aromatic carbocycles. The average molecular weight is 489 g/mol. The second-order valence-corrected chi connectivity index (χ2v) is 9.19. The van der Waals surface area contributed by atoms with Crippen LogP contribution in [0.4, 0.5) is 17.2 Å². The molecule has 36 heavy (non-hydrogen) atoms. The highest BCUT2D eigenvalue weighted by Crippen LogP contribution is 2.24. The molecule has 0 bridgehead atoms. The molecule has 0 radical (unpaired) electrons. The molecular weight excluding hydrogens is 456 g/mol. The van der Waals surface area contributed by atoms with Crippen molar-refractivity contribution in [2.75, 3.05) is 29.5 Å². The number of anilines is 3. The predicted octanol–water partition coefficient (Wildman–Crippen LogP) is 3.77. The van der Waals surface area contributed by atoms with Crippen molar-refractivity contribution in [2.45, 2.75) is 40.0 Å². The lowest BCUT2D eigenvalue weighted by molar-refractivity contribution is -0.121. The largest absolute Gasteiger partial charge is 0.397 e. The van der Waals surface area contributed by atoms with Gasteiger partial charge in [-0.25, -0.2) is 4.98 Å². The molecule has 0 aliphatic heterocycles. The lowest BCUT2D eigenvalue weighted by Gasteiger charge is -2.12. The maximum Gasteiger partial charge on any atom is 0.255 e. The molecule has 0 unspecified atom stereocenters. The summed E-state index contributed by atoms with van der Waals surface area (Å²) in [4.78, 5) is 29.4. The van der Waals surface area contributed by atoms with Gasteiger partial charge in [0.25, 0.3) is 5.91 Å². The van der Waals surface area contributed by atoms with Gasteiger partial charge in [0, 0.05) is 25.1 Å². The molecule has 4 rings (SSSR count). The van der Waals surface area contributed by atoms with Gasteiger partial charge in [-0.15, -0.1) is 10.2 Å². The van der Waals surface area contributed by atoms with Gasteiger partial charge in [0.2, 0.25) is 11.6 Å². The molecule has 188 valence electrons. The van der Waals surface area contributed by atoms with E-state index in [0.29, 0.717) is 59.3 Å². The summed E-state index contributed by atoms with van der Waals surface area (Å²) in [6, 6.07) is 12.5. The average Bonchev–Trinajstić information content (AvgIpc) is 3.23. The Bertz CT molecular complexity index is 1400. The second-order valence-electron chi connectivity index (χ2n) is 9.19. The molecule has 2 heterocycles. The summed E-state index contributed by atoms with van der Waals surface area (Å²) >= 11 is 0. The van der Waals surface area contributed by atoms with Crippen LogP contribution in [0.1, 0.15) is 49.3 Å². The molecule has 2 amide bonds. The molecule has 2 aromatic heterocycles. The summed E-state index contributed by atoms with van der Waals surface area (Å²) in [5, 5.41) is 17.7. The van der Waals surface area contributed by atoms with Gasteiger partial charge in [-0.1, -0.05) is 26.0 Å². The van der Waals surface area contributed by atoms with Crippen LogP contribution in [-0.4, -0.2) is 44.5 Å². The fourth-order valence-electron chi connectivity index (χ4n) is 3.97. The quantitative estimate of drug-likeness (QED) is 0.197. The van der Waals surface area contributed by atoms with Gasteiger partial charge in [0.15, 0.2) is 5.82 Å². The van der Waals surface area contributed by atoms with E-state index in [-0.39, 0.29) is 11.8 Å². The van der Waals surface area contributed by atoms with Crippen LogP contribution < -0.4 is 21.7 Å². The monoisotopic (exact) mass is 488 g/mol. The number of aryl methyl sites for hydroxylation is 1. The maximum atomic E-state index is 12.9. The number of amides is 2. The van der Waals surface area contributed by atoms with Crippen molar-refractivity contribution in [3.05, 3.63) is 53.9 Å². The fraction of sp³-hybridized carbons (Fsp3) is 0.346. The molecule has 5 N–H and O–H groups in total. The fourth-order valence-corrected chi connectivity index (χ4v) is 3.97. The van der Waals surface area contributed by atoms with E-state index in [1.54, 1.807) is 24.3 Å². The van der Waals surface area contributed by atoms with E-state index >= 15 is 0 Å². The van der Waals surface area contributed by atoms with Gasteiger partial charge in [-0.05, 0) is 56.0 Å². The van der Waals surface area contributed by atoms with Crippen LogP contribution in [0.3, 0.4) is 0 Å². The Balaban J connectivity index is 1.48. The Hall–Kier alpha value is -4.21. The second kappa shape index (κ2) is 11.0. The predicted molar refractivity (Wildman–Crippen MR) is 142 cm³/mol. The number of carbonyl (C=O) groups is 2. The summed E-state index contributed by atoms with van der Waals surface area (Å²) in [5.74, 6) is 1.48. The summed E-state index contributed by atoms with van der Waals surface area (Å²) in [5.41, 5.74) is 9.56. The number of rotatable bonds is 10. The zero-order chi connectivity index (χ0) is 25.7.